The molecular formula is C21H16N2O5. The lowest BCUT2D eigenvalue weighted by atomic mass is 10.2. The molecule has 0 radical (unpaired) electrons. The number of hydrogen-bond donors (Lipinski definition) is 0. The number of oxime groups is 1. The van der Waals surface area contributed by atoms with Crippen molar-refractivity contribution in [3.8, 4) is 11.5 Å². The minimum Gasteiger partial charge on any atom is -0.450 e. The number of benzene rings is 3. The van der Waals surface area contributed by atoms with E-state index in [-0.39, 0.29) is 11.4 Å². The van der Waals surface area contributed by atoms with Crippen LogP contribution in [0.25, 0.3) is 0 Å². The zero-order valence-electron chi connectivity index (χ0n) is 14.9. The van der Waals surface area contributed by atoms with E-state index in [2.05, 4.69) is 5.16 Å². The summed E-state index contributed by atoms with van der Waals surface area (Å²) in [6, 6.07) is 19.9. The van der Waals surface area contributed by atoms with Gasteiger partial charge < -0.3 is 9.57 Å². The summed E-state index contributed by atoms with van der Waals surface area (Å²) in [6.45, 7) is 1.94. The number of nitro groups is 1. The molecule has 7 nitrogen and oxygen atoms in total. The van der Waals surface area contributed by atoms with Crippen molar-refractivity contribution in [3.05, 3.63) is 99.6 Å². The number of nitrogens with zero attached hydrogens (tertiary/aromatic N) is 2. The molecule has 0 fully saturated rings. The lowest BCUT2D eigenvalue weighted by Gasteiger charge is -2.07. The molecule has 0 saturated carbocycles. The molecule has 140 valence electrons. The lowest BCUT2D eigenvalue weighted by Crippen LogP contribution is -2.00. The van der Waals surface area contributed by atoms with E-state index in [0.717, 1.165) is 5.56 Å². The van der Waals surface area contributed by atoms with Crippen LogP contribution in [0.3, 0.4) is 0 Å². The van der Waals surface area contributed by atoms with Gasteiger partial charge in [-0.25, -0.2) is 4.79 Å². The fraction of sp³-hybridized carbons (Fsp3) is 0.0476. The van der Waals surface area contributed by atoms with E-state index in [1.807, 2.05) is 19.1 Å². The van der Waals surface area contributed by atoms with E-state index in [1.54, 1.807) is 48.5 Å². The van der Waals surface area contributed by atoms with E-state index in [0.29, 0.717) is 16.9 Å². The first kappa shape index (κ1) is 18.8. The second kappa shape index (κ2) is 8.59. The molecule has 0 N–H and O–H groups in total. The molecule has 3 aromatic carbocycles. The molecule has 0 aliphatic rings. The minimum absolute atomic E-state index is 0.104. The molecule has 3 aromatic rings. The summed E-state index contributed by atoms with van der Waals surface area (Å²) in [5.41, 5.74) is 1.58. The number of carbonyl (C=O) groups excluding carboxylic acids is 1. The summed E-state index contributed by atoms with van der Waals surface area (Å²) in [5.74, 6) is -0.0233. The van der Waals surface area contributed by atoms with Crippen molar-refractivity contribution in [2.75, 3.05) is 0 Å². The van der Waals surface area contributed by atoms with Crippen LogP contribution in [0.4, 0.5) is 5.69 Å². The van der Waals surface area contributed by atoms with Crippen molar-refractivity contribution in [2.24, 2.45) is 5.16 Å². The van der Waals surface area contributed by atoms with Crippen LogP contribution in [0.15, 0.2) is 78.0 Å². The predicted octanol–water partition coefficient (Wildman–Crippen LogP) is 4.89. The standard InChI is InChI=1S/C21H16N2O5/c1-15-7-10-18(11-8-15)27-20-12-9-16(13-19(20)23(25)26)14-22-28-21(24)17-5-3-2-4-6-17/h2-14H,1H3/b22-14-. The van der Waals surface area contributed by atoms with Crippen molar-refractivity contribution in [1.82, 2.24) is 0 Å². The Morgan fingerprint density at radius 1 is 1.04 bits per heavy atom. The van der Waals surface area contributed by atoms with Gasteiger partial charge in [-0.1, -0.05) is 41.1 Å². The van der Waals surface area contributed by atoms with E-state index in [9.17, 15) is 14.9 Å². The molecule has 28 heavy (non-hydrogen) atoms. The lowest BCUT2D eigenvalue weighted by molar-refractivity contribution is -0.385. The van der Waals surface area contributed by atoms with Crippen molar-refractivity contribution < 1.29 is 19.3 Å². The topological polar surface area (TPSA) is 91.0 Å². The van der Waals surface area contributed by atoms with Gasteiger partial charge in [0.05, 0.1) is 16.7 Å². The molecule has 0 heterocycles. The summed E-state index contributed by atoms with van der Waals surface area (Å²) in [5, 5.41) is 15.0. The fourth-order valence-electron chi connectivity index (χ4n) is 2.34. The smallest absolute Gasteiger partial charge is 0.365 e. The molecule has 0 unspecified atom stereocenters. The molecule has 0 aliphatic heterocycles. The Morgan fingerprint density at radius 2 is 1.75 bits per heavy atom. The summed E-state index contributed by atoms with van der Waals surface area (Å²) < 4.78 is 5.61. The maximum absolute atomic E-state index is 11.8. The molecule has 7 heteroatoms. The van der Waals surface area contributed by atoms with Gasteiger partial charge in [-0.15, -0.1) is 0 Å². The zero-order chi connectivity index (χ0) is 19.9. The Bertz CT molecular complexity index is 1010. The minimum atomic E-state index is -0.620. The molecule has 0 atom stereocenters. The van der Waals surface area contributed by atoms with Crippen LogP contribution in [0.2, 0.25) is 0 Å². The number of nitro benzene ring substituents is 1. The SMILES string of the molecule is Cc1ccc(Oc2ccc(/C=N\OC(=O)c3ccccc3)cc2[N+](=O)[O-])cc1. The van der Waals surface area contributed by atoms with Crippen LogP contribution >= 0.6 is 0 Å². The van der Waals surface area contributed by atoms with Crippen molar-refractivity contribution in [3.63, 3.8) is 0 Å². The maximum atomic E-state index is 11.8. The van der Waals surface area contributed by atoms with Gasteiger partial charge in [-0.3, -0.25) is 10.1 Å². The Balaban J connectivity index is 1.74. The van der Waals surface area contributed by atoms with Crippen molar-refractivity contribution in [1.29, 1.82) is 0 Å². The molecule has 0 saturated heterocycles. The monoisotopic (exact) mass is 376 g/mol. The summed E-state index contributed by atoms with van der Waals surface area (Å²) in [6.07, 6.45) is 1.23. The Morgan fingerprint density at radius 3 is 2.43 bits per heavy atom. The van der Waals surface area contributed by atoms with Crippen LogP contribution in [0.1, 0.15) is 21.5 Å². The first-order valence-corrected chi connectivity index (χ1v) is 8.35. The Labute approximate surface area is 161 Å². The molecule has 0 aromatic heterocycles. The van der Waals surface area contributed by atoms with Crippen molar-refractivity contribution in [2.45, 2.75) is 6.92 Å². The highest BCUT2D eigenvalue weighted by atomic mass is 16.7. The van der Waals surface area contributed by atoms with Gasteiger partial charge >= 0.3 is 11.7 Å². The first-order chi connectivity index (χ1) is 13.5. The van der Waals surface area contributed by atoms with Gasteiger partial charge in [0.15, 0.2) is 0 Å². The van der Waals surface area contributed by atoms with E-state index in [1.165, 1.54) is 18.3 Å². The number of rotatable bonds is 6. The second-order valence-corrected chi connectivity index (χ2v) is 5.88. The van der Waals surface area contributed by atoms with Gasteiger partial charge in [0.25, 0.3) is 0 Å². The zero-order valence-corrected chi connectivity index (χ0v) is 14.9. The van der Waals surface area contributed by atoms with Crippen molar-refractivity contribution >= 4 is 17.9 Å². The van der Waals surface area contributed by atoms with E-state index in [4.69, 9.17) is 9.57 Å². The molecule has 0 bridgehead atoms. The highest BCUT2D eigenvalue weighted by Gasteiger charge is 2.16. The van der Waals surface area contributed by atoms with Crippen LogP contribution in [-0.2, 0) is 4.84 Å². The van der Waals surface area contributed by atoms with Crippen LogP contribution < -0.4 is 4.74 Å². The number of hydrogen-bond acceptors (Lipinski definition) is 6. The quantitative estimate of drug-likeness (QED) is 0.264. The van der Waals surface area contributed by atoms with Gasteiger partial charge in [0.1, 0.15) is 5.75 Å². The predicted molar refractivity (Wildman–Crippen MR) is 104 cm³/mol. The largest absolute Gasteiger partial charge is 0.450 e. The molecular weight excluding hydrogens is 360 g/mol. The Hall–Kier alpha value is -4.00. The highest BCUT2D eigenvalue weighted by molar-refractivity contribution is 5.90. The molecule has 0 spiro atoms. The normalized spacial score (nSPS) is 10.6. The van der Waals surface area contributed by atoms with Gasteiger partial charge in [-0.05, 0) is 43.3 Å². The fourth-order valence-corrected chi connectivity index (χ4v) is 2.34. The number of ether oxygens (including phenoxy) is 1. The maximum Gasteiger partial charge on any atom is 0.365 e. The first-order valence-electron chi connectivity index (χ1n) is 8.35. The van der Waals surface area contributed by atoms with Crippen LogP contribution in [0.5, 0.6) is 11.5 Å². The van der Waals surface area contributed by atoms with Gasteiger partial charge in [0.2, 0.25) is 5.75 Å². The molecule has 3 rings (SSSR count). The average Bonchev–Trinajstić information content (AvgIpc) is 2.71. The number of aryl methyl sites for hydroxylation is 1. The van der Waals surface area contributed by atoms with Crippen LogP contribution in [0, 0.1) is 17.0 Å². The summed E-state index contributed by atoms with van der Waals surface area (Å²) in [4.78, 5) is 27.5. The van der Waals surface area contributed by atoms with Gasteiger partial charge in [0, 0.05) is 11.6 Å². The molecule has 0 aliphatic carbocycles. The van der Waals surface area contributed by atoms with Gasteiger partial charge in [-0.2, -0.15) is 0 Å². The van der Waals surface area contributed by atoms with E-state index >= 15 is 0 Å². The second-order valence-electron chi connectivity index (χ2n) is 5.88. The summed E-state index contributed by atoms with van der Waals surface area (Å²) in [7, 11) is 0. The third-order valence-electron chi connectivity index (χ3n) is 3.78. The molecule has 0 amide bonds. The van der Waals surface area contributed by atoms with E-state index < -0.39 is 10.9 Å². The highest BCUT2D eigenvalue weighted by Crippen LogP contribution is 2.32. The third kappa shape index (κ3) is 4.79. The Kier molecular flexibility index (Phi) is 5.76. The van der Waals surface area contributed by atoms with Crippen LogP contribution in [-0.4, -0.2) is 17.1 Å². The number of carbonyl (C=O) groups is 1. The third-order valence-corrected chi connectivity index (χ3v) is 3.78. The average molecular weight is 376 g/mol. The summed E-state index contributed by atoms with van der Waals surface area (Å²) >= 11 is 0.